The van der Waals surface area contributed by atoms with E-state index in [4.69, 9.17) is 4.98 Å². The maximum atomic E-state index is 4.78. The second-order valence-electron chi connectivity index (χ2n) is 6.88. The molecule has 0 amide bonds. The fourth-order valence-electron chi connectivity index (χ4n) is 2.63. The third-order valence-electron chi connectivity index (χ3n) is 3.86. The van der Waals surface area contributed by atoms with Gasteiger partial charge in [-0.1, -0.05) is 20.8 Å². The van der Waals surface area contributed by atoms with Crippen LogP contribution >= 0.6 is 11.3 Å². The third kappa shape index (κ3) is 3.64. The SMILES string of the molecule is CC(C)(C)c1nccc(NCCc2nc3c(s2)CCCC3)n1. The Hall–Kier alpha value is -1.49. The van der Waals surface area contributed by atoms with Crippen molar-refractivity contribution < 1.29 is 0 Å². The van der Waals surface area contributed by atoms with Gasteiger partial charge in [-0.15, -0.1) is 11.3 Å². The number of aryl methyl sites for hydroxylation is 2. The summed E-state index contributed by atoms with van der Waals surface area (Å²) < 4.78 is 0. The summed E-state index contributed by atoms with van der Waals surface area (Å²) in [5.41, 5.74) is 1.33. The molecular formula is C17H24N4S. The third-order valence-corrected chi connectivity index (χ3v) is 5.08. The van der Waals surface area contributed by atoms with Crippen molar-refractivity contribution in [2.75, 3.05) is 11.9 Å². The monoisotopic (exact) mass is 316 g/mol. The summed E-state index contributed by atoms with van der Waals surface area (Å²) in [6.07, 6.45) is 7.81. The van der Waals surface area contributed by atoms with Gasteiger partial charge in [0, 0.05) is 29.5 Å². The lowest BCUT2D eigenvalue weighted by Crippen LogP contribution is -2.17. The van der Waals surface area contributed by atoms with Gasteiger partial charge in [0.2, 0.25) is 0 Å². The largest absolute Gasteiger partial charge is 0.370 e. The molecule has 0 aliphatic heterocycles. The molecule has 0 bridgehead atoms. The van der Waals surface area contributed by atoms with Crippen molar-refractivity contribution in [2.24, 2.45) is 0 Å². The van der Waals surface area contributed by atoms with Crippen molar-refractivity contribution in [3.63, 3.8) is 0 Å². The predicted molar refractivity (Wildman–Crippen MR) is 91.7 cm³/mol. The van der Waals surface area contributed by atoms with Gasteiger partial charge >= 0.3 is 0 Å². The summed E-state index contributed by atoms with van der Waals surface area (Å²) in [5, 5.41) is 4.66. The molecule has 0 saturated heterocycles. The molecule has 0 aromatic carbocycles. The van der Waals surface area contributed by atoms with Gasteiger partial charge in [0.05, 0.1) is 10.7 Å². The maximum Gasteiger partial charge on any atom is 0.135 e. The van der Waals surface area contributed by atoms with Gasteiger partial charge in [-0.05, 0) is 31.7 Å². The second kappa shape index (κ2) is 6.32. The lowest BCUT2D eigenvalue weighted by Gasteiger charge is -2.17. The average Bonchev–Trinajstić information content (AvgIpc) is 2.89. The van der Waals surface area contributed by atoms with Gasteiger partial charge in [-0.3, -0.25) is 0 Å². The van der Waals surface area contributed by atoms with Crippen molar-refractivity contribution in [3.05, 3.63) is 33.7 Å². The van der Waals surface area contributed by atoms with E-state index in [1.807, 2.05) is 23.6 Å². The van der Waals surface area contributed by atoms with E-state index in [-0.39, 0.29) is 5.41 Å². The number of aromatic nitrogens is 3. The van der Waals surface area contributed by atoms with E-state index in [1.54, 1.807) is 0 Å². The number of hydrogen-bond donors (Lipinski definition) is 1. The summed E-state index contributed by atoms with van der Waals surface area (Å²) in [4.78, 5) is 15.3. The second-order valence-corrected chi connectivity index (χ2v) is 8.05. The topological polar surface area (TPSA) is 50.7 Å². The van der Waals surface area contributed by atoms with E-state index in [0.717, 1.165) is 24.6 Å². The highest BCUT2D eigenvalue weighted by Crippen LogP contribution is 2.27. The summed E-state index contributed by atoms with van der Waals surface area (Å²) in [7, 11) is 0. The number of hydrogen-bond acceptors (Lipinski definition) is 5. The number of nitrogens with one attached hydrogen (secondary N) is 1. The Balaban J connectivity index is 1.58. The average molecular weight is 316 g/mol. The van der Waals surface area contributed by atoms with Gasteiger partial charge in [0.15, 0.2) is 0 Å². The van der Waals surface area contributed by atoms with Crippen molar-refractivity contribution in [3.8, 4) is 0 Å². The molecule has 3 rings (SSSR count). The van der Waals surface area contributed by atoms with Crippen molar-refractivity contribution in [1.82, 2.24) is 15.0 Å². The molecule has 0 fully saturated rings. The molecule has 0 spiro atoms. The Morgan fingerprint density at radius 1 is 1.18 bits per heavy atom. The smallest absolute Gasteiger partial charge is 0.135 e. The number of nitrogens with zero attached hydrogens (tertiary/aromatic N) is 3. The highest BCUT2D eigenvalue weighted by Gasteiger charge is 2.17. The van der Waals surface area contributed by atoms with Crippen LogP contribution in [0.5, 0.6) is 0 Å². The molecule has 2 aromatic heterocycles. The van der Waals surface area contributed by atoms with E-state index < -0.39 is 0 Å². The normalized spacial score (nSPS) is 14.7. The van der Waals surface area contributed by atoms with Gasteiger partial charge in [-0.2, -0.15) is 0 Å². The predicted octanol–water partition coefficient (Wildman–Crippen LogP) is 3.76. The van der Waals surface area contributed by atoms with Crippen LogP contribution < -0.4 is 5.32 Å². The lowest BCUT2D eigenvalue weighted by atomic mass is 9.96. The number of fused-ring (bicyclic) bond motifs is 1. The highest BCUT2D eigenvalue weighted by molar-refractivity contribution is 7.11. The molecule has 2 aromatic rings. The molecule has 0 unspecified atom stereocenters. The molecular weight excluding hydrogens is 292 g/mol. The lowest BCUT2D eigenvalue weighted by molar-refractivity contribution is 0.546. The fourth-order valence-corrected chi connectivity index (χ4v) is 3.78. The molecule has 0 atom stereocenters. The minimum absolute atomic E-state index is 0.0218. The first-order chi connectivity index (χ1) is 10.5. The van der Waals surface area contributed by atoms with Crippen LogP contribution in [0.4, 0.5) is 5.82 Å². The van der Waals surface area contributed by atoms with E-state index >= 15 is 0 Å². The van der Waals surface area contributed by atoms with Crippen LogP contribution in [0.3, 0.4) is 0 Å². The molecule has 4 nitrogen and oxygen atoms in total. The van der Waals surface area contributed by atoms with Crippen LogP contribution in [-0.4, -0.2) is 21.5 Å². The zero-order valence-electron chi connectivity index (χ0n) is 13.6. The first-order valence-electron chi connectivity index (χ1n) is 8.07. The molecule has 0 radical (unpaired) electrons. The van der Waals surface area contributed by atoms with E-state index in [0.29, 0.717) is 0 Å². The van der Waals surface area contributed by atoms with Crippen LogP contribution in [0.15, 0.2) is 12.3 Å². The molecule has 1 N–H and O–H groups in total. The van der Waals surface area contributed by atoms with Crippen LogP contribution in [0.2, 0.25) is 0 Å². The molecule has 0 saturated carbocycles. The first kappa shape index (κ1) is 15.4. The zero-order valence-corrected chi connectivity index (χ0v) is 14.5. The van der Waals surface area contributed by atoms with E-state index in [9.17, 15) is 0 Å². The van der Waals surface area contributed by atoms with Crippen molar-refractivity contribution in [2.45, 2.75) is 58.3 Å². The Kier molecular flexibility index (Phi) is 4.43. The summed E-state index contributed by atoms with van der Waals surface area (Å²) in [5.74, 6) is 1.78. The minimum atomic E-state index is -0.0218. The Bertz CT molecular complexity index is 619. The quantitative estimate of drug-likeness (QED) is 0.933. The van der Waals surface area contributed by atoms with Gasteiger partial charge in [-0.25, -0.2) is 15.0 Å². The zero-order chi connectivity index (χ0) is 15.6. The highest BCUT2D eigenvalue weighted by atomic mass is 32.1. The van der Waals surface area contributed by atoms with Crippen molar-refractivity contribution >= 4 is 17.2 Å². The molecule has 1 aliphatic carbocycles. The molecule has 2 heterocycles. The minimum Gasteiger partial charge on any atom is -0.370 e. The summed E-state index contributed by atoms with van der Waals surface area (Å²) in [6, 6.07) is 1.93. The first-order valence-corrected chi connectivity index (χ1v) is 8.89. The van der Waals surface area contributed by atoms with E-state index in [1.165, 1.54) is 41.3 Å². The van der Waals surface area contributed by atoms with Gasteiger partial charge < -0.3 is 5.32 Å². The van der Waals surface area contributed by atoms with Crippen LogP contribution in [-0.2, 0) is 24.7 Å². The van der Waals surface area contributed by atoms with Crippen molar-refractivity contribution in [1.29, 1.82) is 0 Å². The number of thiazole rings is 1. The van der Waals surface area contributed by atoms with Crippen LogP contribution in [0.25, 0.3) is 0 Å². The Labute approximate surface area is 136 Å². The van der Waals surface area contributed by atoms with Gasteiger partial charge in [0.25, 0.3) is 0 Å². The standard InChI is InChI=1S/C17H24N4S/c1-17(2,3)16-19-10-8-14(21-16)18-11-9-15-20-12-6-4-5-7-13(12)22-15/h8,10H,4-7,9,11H2,1-3H3,(H,18,19,21). The summed E-state index contributed by atoms with van der Waals surface area (Å²) in [6.45, 7) is 7.26. The summed E-state index contributed by atoms with van der Waals surface area (Å²) >= 11 is 1.89. The van der Waals surface area contributed by atoms with Crippen LogP contribution in [0.1, 0.15) is 55.0 Å². The number of anilines is 1. The molecule has 22 heavy (non-hydrogen) atoms. The fraction of sp³-hybridized carbons (Fsp3) is 0.588. The van der Waals surface area contributed by atoms with Crippen LogP contribution in [0, 0.1) is 0 Å². The molecule has 118 valence electrons. The molecule has 5 heteroatoms. The number of rotatable bonds is 4. The Morgan fingerprint density at radius 2 is 2.00 bits per heavy atom. The van der Waals surface area contributed by atoms with Gasteiger partial charge in [0.1, 0.15) is 11.6 Å². The molecule has 1 aliphatic rings. The van der Waals surface area contributed by atoms with E-state index in [2.05, 4.69) is 36.1 Å². The Morgan fingerprint density at radius 3 is 2.77 bits per heavy atom. The maximum absolute atomic E-state index is 4.78.